The van der Waals surface area contributed by atoms with Gasteiger partial charge in [0.2, 0.25) is 17.7 Å². The minimum absolute atomic E-state index is 0.0898. The fourth-order valence-corrected chi connectivity index (χ4v) is 2.83. The van der Waals surface area contributed by atoms with Crippen LogP contribution in [0.25, 0.3) is 11.5 Å². The smallest absolute Gasteiger partial charge is 0.247 e. The van der Waals surface area contributed by atoms with Crippen molar-refractivity contribution in [2.24, 2.45) is 0 Å². The van der Waals surface area contributed by atoms with Gasteiger partial charge in [-0.05, 0) is 31.0 Å². The number of carbonyl (C=O) groups is 1. The van der Waals surface area contributed by atoms with Crippen LogP contribution in [-0.2, 0) is 17.8 Å². The summed E-state index contributed by atoms with van der Waals surface area (Å²) >= 11 is 0. The summed E-state index contributed by atoms with van der Waals surface area (Å²) in [4.78, 5) is 14.4. The molecule has 0 saturated heterocycles. The van der Waals surface area contributed by atoms with E-state index in [9.17, 15) is 4.79 Å². The minimum atomic E-state index is 0.0898. The van der Waals surface area contributed by atoms with E-state index < -0.39 is 0 Å². The zero-order valence-corrected chi connectivity index (χ0v) is 15.2. The first kappa shape index (κ1) is 17.9. The predicted octanol–water partition coefficient (Wildman–Crippen LogP) is 4.03. The highest BCUT2D eigenvalue weighted by molar-refractivity contribution is 5.76. The average molecular weight is 349 g/mol. The van der Waals surface area contributed by atoms with Gasteiger partial charge in [0.15, 0.2) is 0 Å². The Bertz CT molecular complexity index is 858. The van der Waals surface area contributed by atoms with Crippen molar-refractivity contribution < 1.29 is 9.21 Å². The van der Waals surface area contributed by atoms with E-state index in [0.29, 0.717) is 37.7 Å². The molecule has 0 fully saturated rings. The Morgan fingerprint density at radius 2 is 1.77 bits per heavy atom. The summed E-state index contributed by atoms with van der Waals surface area (Å²) in [6, 6.07) is 17.9. The van der Waals surface area contributed by atoms with E-state index in [1.165, 1.54) is 0 Å². The van der Waals surface area contributed by atoms with Crippen molar-refractivity contribution in [1.82, 2.24) is 15.1 Å². The molecule has 0 atom stereocenters. The molecule has 1 amide bonds. The first-order valence-corrected chi connectivity index (χ1v) is 8.87. The maximum absolute atomic E-state index is 12.5. The van der Waals surface area contributed by atoms with E-state index in [4.69, 9.17) is 4.42 Å². The second-order valence-corrected chi connectivity index (χ2v) is 6.21. The van der Waals surface area contributed by atoms with E-state index in [-0.39, 0.29) is 5.91 Å². The molecule has 1 heterocycles. The van der Waals surface area contributed by atoms with E-state index >= 15 is 0 Å². The van der Waals surface area contributed by atoms with Gasteiger partial charge in [-0.2, -0.15) is 0 Å². The number of aromatic nitrogens is 2. The molecule has 2 aromatic carbocycles. The summed E-state index contributed by atoms with van der Waals surface area (Å²) in [6.07, 6.45) is 0.805. The average Bonchev–Trinajstić information content (AvgIpc) is 3.14. The van der Waals surface area contributed by atoms with Crippen LogP contribution in [0.2, 0.25) is 0 Å². The van der Waals surface area contributed by atoms with Crippen molar-refractivity contribution in [3.05, 3.63) is 71.6 Å². The zero-order valence-electron chi connectivity index (χ0n) is 15.2. The summed E-state index contributed by atoms with van der Waals surface area (Å²) < 4.78 is 5.74. The van der Waals surface area contributed by atoms with Gasteiger partial charge in [-0.1, -0.05) is 48.5 Å². The van der Waals surface area contributed by atoms with Crippen LogP contribution >= 0.6 is 0 Å². The second-order valence-electron chi connectivity index (χ2n) is 6.21. The van der Waals surface area contributed by atoms with Gasteiger partial charge in [-0.25, -0.2) is 0 Å². The van der Waals surface area contributed by atoms with Crippen molar-refractivity contribution in [1.29, 1.82) is 0 Å². The second kappa shape index (κ2) is 8.43. The van der Waals surface area contributed by atoms with Crippen molar-refractivity contribution >= 4 is 5.91 Å². The Hall–Kier alpha value is -2.95. The molecular weight excluding hydrogens is 326 g/mol. The van der Waals surface area contributed by atoms with Crippen LogP contribution in [-0.4, -0.2) is 27.5 Å². The lowest BCUT2D eigenvalue weighted by atomic mass is 10.1. The van der Waals surface area contributed by atoms with Crippen molar-refractivity contribution in [3.63, 3.8) is 0 Å². The lowest BCUT2D eigenvalue weighted by Crippen LogP contribution is -2.30. The third kappa shape index (κ3) is 4.36. The fraction of sp³-hybridized carbons (Fsp3) is 0.286. The molecule has 0 aliphatic rings. The number of benzene rings is 2. The molecule has 0 saturated carbocycles. The quantitative estimate of drug-likeness (QED) is 0.646. The molecule has 5 nitrogen and oxygen atoms in total. The van der Waals surface area contributed by atoms with E-state index in [2.05, 4.69) is 10.2 Å². The summed E-state index contributed by atoms with van der Waals surface area (Å²) in [5.41, 5.74) is 3.14. The molecule has 0 spiro atoms. The van der Waals surface area contributed by atoms with Gasteiger partial charge in [0.1, 0.15) is 0 Å². The molecule has 26 heavy (non-hydrogen) atoms. The highest BCUT2D eigenvalue weighted by Gasteiger charge is 2.15. The lowest BCUT2D eigenvalue weighted by molar-refractivity contribution is -0.131. The fourth-order valence-electron chi connectivity index (χ4n) is 2.83. The number of aryl methyl sites for hydroxylation is 2. The first-order chi connectivity index (χ1) is 12.7. The Balaban J connectivity index is 1.60. The highest BCUT2D eigenvalue weighted by Crippen LogP contribution is 2.22. The Labute approximate surface area is 153 Å². The summed E-state index contributed by atoms with van der Waals surface area (Å²) in [5.74, 6) is 1.08. The van der Waals surface area contributed by atoms with Crippen LogP contribution in [0.3, 0.4) is 0 Å². The Kier molecular flexibility index (Phi) is 5.79. The highest BCUT2D eigenvalue weighted by atomic mass is 16.4. The van der Waals surface area contributed by atoms with Gasteiger partial charge in [0.25, 0.3) is 0 Å². The van der Waals surface area contributed by atoms with Crippen LogP contribution in [0.4, 0.5) is 0 Å². The van der Waals surface area contributed by atoms with Crippen molar-refractivity contribution in [2.75, 3.05) is 6.54 Å². The molecule has 0 aliphatic carbocycles. The minimum Gasteiger partial charge on any atom is -0.421 e. The van der Waals surface area contributed by atoms with Crippen molar-refractivity contribution in [2.45, 2.75) is 33.2 Å². The number of nitrogens with zero attached hydrogens (tertiary/aromatic N) is 3. The van der Waals surface area contributed by atoms with Gasteiger partial charge in [-0.15, -0.1) is 10.2 Å². The number of amides is 1. The van der Waals surface area contributed by atoms with Gasteiger partial charge in [0.05, 0.1) is 0 Å². The third-order valence-corrected chi connectivity index (χ3v) is 4.35. The summed E-state index contributed by atoms with van der Waals surface area (Å²) in [7, 11) is 0. The molecule has 0 radical (unpaired) electrons. The van der Waals surface area contributed by atoms with Crippen molar-refractivity contribution in [3.8, 4) is 11.5 Å². The number of carbonyl (C=O) groups excluding carboxylic acids is 1. The largest absolute Gasteiger partial charge is 0.421 e. The van der Waals surface area contributed by atoms with Gasteiger partial charge >= 0.3 is 0 Å². The topological polar surface area (TPSA) is 59.2 Å². The molecule has 1 aromatic heterocycles. The van der Waals surface area contributed by atoms with Crippen LogP contribution < -0.4 is 0 Å². The van der Waals surface area contributed by atoms with Gasteiger partial charge < -0.3 is 9.32 Å². The van der Waals surface area contributed by atoms with Crippen LogP contribution in [0.1, 0.15) is 30.4 Å². The normalized spacial score (nSPS) is 10.7. The van der Waals surface area contributed by atoms with E-state index in [1.807, 2.05) is 73.3 Å². The number of hydrogen-bond acceptors (Lipinski definition) is 4. The lowest BCUT2D eigenvalue weighted by Gasteiger charge is -2.20. The van der Waals surface area contributed by atoms with Gasteiger partial charge in [0, 0.05) is 31.5 Å². The standard InChI is InChI=1S/C21H23N3O2/c1-3-24(15-17-10-5-4-6-11-17)20(25)14-13-19-22-23-21(26-19)18-12-8-7-9-16(18)2/h4-12H,3,13-15H2,1-2H3. The third-order valence-electron chi connectivity index (χ3n) is 4.35. The molecule has 134 valence electrons. The monoisotopic (exact) mass is 349 g/mol. The maximum atomic E-state index is 12.5. The Morgan fingerprint density at radius 3 is 2.50 bits per heavy atom. The Morgan fingerprint density at radius 1 is 1.04 bits per heavy atom. The summed E-state index contributed by atoms with van der Waals surface area (Å²) in [6.45, 7) is 5.29. The zero-order chi connectivity index (χ0) is 18.4. The predicted molar refractivity (Wildman–Crippen MR) is 100 cm³/mol. The SMILES string of the molecule is CCN(Cc1ccccc1)C(=O)CCc1nnc(-c2ccccc2C)o1. The van der Waals surface area contributed by atoms with E-state index in [1.54, 1.807) is 0 Å². The number of hydrogen-bond donors (Lipinski definition) is 0. The molecule has 0 bridgehead atoms. The molecular formula is C21H23N3O2. The summed E-state index contributed by atoms with van der Waals surface area (Å²) in [5, 5.41) is 8.20. The van der Waals surface area contributed by atoms with Gasteiger partial charge in [-0.3, -0.25) is 4.79 Å². The molecule has 0 aliphatic heterocycles. The molecule has 0 N–H and O–H groups in total. The molecule has 0 unspecified atom stereocenters. The first-order valence-electron chi connectivity index (χ1n) is 8.87. The van der Waals surface area contributed by atoms with E-state index in [0.717, 1.165) is 16.7 Å². The maximum Gasteiger partial charge on any atom is 0.247 e. The molecule has 3 aromatic rings. The molecule has 3 rings (SSSR count). The number of rotatable bonds is 7. The van der Waals surface area contributed by atoms with Crippen LogP contribution in [0.15, 0.2) is 59.0 Å². The van der Waals surface area contributed by atoms with Crippen LogP contribution in [0, 0.1) is 6.92 Å². The molecule has 5 heteroatoms. The van der Waals surface area contributed by atoms with Crippen LogP contribution in [0.5, 0.6) is 0 Å².